The molecule has 1 saturated carbocycles. The van der Waals surface area contributed by atoms with Crippen LogP contribution in [0.4, 0.5) is 0 Å². The standard InChI is InChI=1S/C21H23ClN4O3S2/c22-17-5-2-1-4-16(17)13-23-21(27)15-10-8-14(9-11-15)12-24-31(28,29)19-7-3-6-18-20(19)26-30-25-18/h1-7,14-15,24H,8-13H2,(H,23,27). The molecule has 0 bridgehead atoms. The molecule has 4 rings (SSSR count). The maximum absolute atomic E-state index is 12.8. The summed E-state index contributed by atoms with van der Waals surface area (Å²) >= 11 is 7.14. The molecular formula is C21H23ClN4O3S2. The van der Waals surface area contributed by atoms with Gasteiger partial charge in [-0.15, -0.1) is 0 Å². The highest BCUT2D eigenvalue weighted by atomic mass is 35.5. The van der Waals surface area contributed by atoms with Gasteiger partial charge in [-0.25, -0.2) is 13.1 Å². The number of benzene rings is 2. The lowest BCUT2D eigenvalue weighted by molar-refractivity contribution is -0.126. The largest absolute Gasteiger partial charge is 0.352 e. The molecule has 0 radical (unpaired) electrons. The van der Waals surface area contributed by atoms with Crippen molar-refractivity contribution in [1.29, 1.82) is 0 Å². The molecule has 1 aliphatic carbocycles. The van der Waals surface area contributed by atoms with Gasteiger partial charge < -0.3 is 5.32 Å². The van der Waals surface area contributed by atoms with Gasteiger partial charge in [0.15, 0.2) is 0 Å². The van der Waals surface area contributed by atoms with Gasteiger partial charge in [-0.3, -0.25) is 4.79 Å². The van der Waals surface area contributed by atoms with Crippen molar-refractivity contribution in [2.24, 2.45) is 11.8 Å². The van der Waals surface area contributed by atoms with E-state index in [1.54, 1.807) is 24.3 Å². The number of fused-ring (bicyclic) bond motifs is 1. The lowest BCUT2D eigenvalue weighted by atomic mass is 9.81. The maximum atomic E-state index is 12.8. The number of carbonyl (C=O) groups is 1. The highest BCUT2D eigenvalue weighted by Gasteiger charge is 2.28. The quantitative estimate of drug-likeness (QED) is 0.538. The molecule has 164 valence electrons. The minimum absolute atomic E-state index is 0.0293. The third-order valence-electron chi connectivity index (χ3n) is 5.73. The van der Waals surface area contributed by atoms with Crippen molar-refractivity contribution in [2.75, 3.05) is 6.54 Å². The summed E-state index contributed by atoms with van der Waals surface area (Å²) in [6, 6.07) is 12.4. The van der Waals surface area contributed by atoms with Crippen LogP contribution in [0.2, 0.25) is 5.02 Å². The van der Waals surface area contributed by atoms with E-state index in [1.165, 1.54) is 0 Å². The van der Waals surface area contributed by atoms with Gasteiger partial charge in [0, 0.05) is 24.0 Å². The van der Waals surface area contributed by atoms with E-state index in [4.69, 9.17) is 11.6 Å². The zero-order valence-electron chi connectivity index (χ0n) is 16.8. The van der Waals surface area contributed by atoms with Crippen molar-refractivity contribution in [3.05, 3.63) is 53.1 Å². The number of aromatic nitrogens is 2. The van der Waals surface area contributed by atoms with E-state index in [-0.39, 0.29) is 22.6 Å². The highest BCUT2D eigenvalue weighted by Crippen LogP contribution is 2.29. The van der Waals surface area contributed by atoms with E-state index in [1.807, 2.05) is 18.2 Å². The third kappa shape index (κ3) is 5.23. The lowest BCUT2D eigenvalue weighted by Crippen LogP contribution is -2.36. The first kappa shape index (κ1) is 22.1. The minimum Gasteiger partial charge on any atom is -0.352 e. The molecule has 10 heteroatoms. The monoisotopic (exact) mass is 478 g/mol. The van der Waals surface area contributed by atoms with Crippen molar-refractivity contribution in [2.45, 2.75) is 37.1 Å². The summed E-state index contributed by atoms with van der Waals surface area (Å²) in [5.74, 6) is 0.182. The molecular weight excluding hydrogens is 456 g/mol. The number of hydrogen-bond donors (Lipinski definition) is 2. The Balaban J connectivity index is 1.27. The first-order chi connectivity index (χ1) is 14.9. The van der Waals surface area contributed by atoms with Crippen LogP contribution >= 0.6 is 23.3 Å². The summed E-state index contributed by atoms with van der Waals surface area (Å²) in [4.78, 5) is 12.7. The fraction of sp³-hybridized carbons (Fsp3) is 0.381. The number of nitrogens with one attached hydrogen (secondary N) is 2. The molecule has 7 nitrogen and oxygen atoms in total. The van der Waals surface area contributed by atoms with Crippen LogP contribution in [-0.4, -0.2) is 29.6 Å². The number of sulfonamides is 1. The fourth-order valence-corrected chi connectivity index (χ4v) is 5.98. The second-order valence-corrected chi connectivity index (χ2v) is 10.4. The van der Waals surface area contributed by atoms with E-state index in [9.17, 15) is 13.2 Å². The zero-order chi connectivity index (χ0) is 21.8. The summed E-state index contributed by atoms with van der Waals surface area (Å²) in [7, 11) is -3.67. The van der Waals surface area contributed by atoms with Gasteiger partial charge >= 0.3 is 0 Å². The van der Waals surface area contributed by atoms with Gasteiger partial charge in [-0.1, -0.05) is 35.9 Å². The molecule has 1 aromatic heterocycles. The maximum Gasteiger partial charge on any atom is 0.242 e. The highest BCUT2D eigenvalue weighted by molar-refractivity contribution is 7.89. The van der Waals surface area contributed by atoms with Crippen LogP contribution in [0.15, 0.2) is 47.4 Å². The first-order valence-corrected chi connectivity index (χ1v) is 12.8. The van der Waals surface area contributed by atoms with E-state index < -0.39 is 10.0 Å². The summed E-state index contributed by atoms with van der Waals surface area (Å²) in [6.45, 7) is 0.763. The second kappa shape index (κ2) is 9.60. The van der Waals surface area contributed by atoms with Crippen molar-refractivity contribution in [3.8, 4) is 0 Å². The van der Waals surface area contributed by atoms with Crippen molar-refractivity contribution >= 4 is 50.3 Å². The predicted molar refractivity (Wildman–Crippen MR) is 121 cm³/mol. The summed E-state index contributed by atoms with van der Waals surface area (Å²) in [5.41, 5.74) is 1.88. The normalized spacial score (nSPS) is 19.4. The Hall–Kier alpha value is -2.07. The zero-order valence-corrected chi connectivity index (χ0v) is 19.1. The van der Waals surface area contributed by atoms with Crippen LogP contribution < -0.4 is 10.0 Å². The van der Waals surface area contributed by atoms with Crippen molar-refractivity contribution in [1.82, 2.24) is 18.8 Å². The molecule has 0 unspecified atom stereocenters. The number of halogens is 1. The Morgan fingerprint density at radius 2 is 1.84 bits per heavy atom. The van der Waals surface area contributed by atoms with Gasteiger partial charge in [0.1, 0.15) is 15.9 Å². The molecule has 0 saturated heterocycles. The third-order valence-corrected chi connectivity index (χ3v) is 8.10. The topological polar surface area (TPSA) is 101 Å². The van der Waals surface area contributed by atoms with Gasteiger partial charge in [-0.05, 0) is 55.4 Å². The molecule has 1 heterocycles. The van der Waals surface area contributed by atoms with Gasteiger partial charge in [-0.2, -0.15) is 8.75 Å². The SMILES string of the molecule is O=C(NCc1ccccc1Cl)C1CCC(CNS(=O)(=O)c2cccc3nsnc23)CC1. The Morgan fingerprint density at radius 1 is 1.06 bits per heavy atom. The van der Waals surface area contributed by atoms with Crippen LogP contribution in [0.1, 0.15) is 31.2 Å². The van der Waals surface area contributed by atoms with Gasteiger partial charge in [0.2, 0.25) is 15.9 Å². The molecule has 2 N–H and O–H groups in total. The van der Waals surface area contributed by atoms with Crippen LogP contribution in [0.3, 0.4) is 0 Å². The first-order valence-electron chi connectivity index (χ1n) is 10.2. The van der Waals surface area contributed by atoms with Crippen molar-refractivity contribution < 1.29 is 13.2 Å². The summed E-state index contributed by atoms with van der Waals surface area (Å²) in [5, 5.41) is 3.61. The number of hydrogen-bond acceptors (Lipinski definition) is 6. The second-order valence-electron chi connectivity index (χ2n) is 7.77. The number of carbonyl (C=O) groups excluding carboxylic acids is 1. The Morgan fingerprint density at radius 3 is 2.61 bits per heavy atom. The molecule has 0 aliphatic heterocycles. The van der Waals surface area contributed by atoms with Crippen LogP contribution in [-0.2, 0) is 21.4 Å². The molecule has 1 aliphatic rings. The number of rotatable bonds is 7. The summed E-state index contributed by atoms with van der Waals surface area (Å²) in [6.07, 6.45) is 3.09. The molecule has 1 fully saturated rings. The average molecular weight is 479 g/mol. The van der Waals surface area contributed by atoms with Crippen LogP contribution in [0, 0.1) is 11.8 Å². The Labute approximate surface area is 190 Å². The van der Waals surface area contributed by atoms with Gasteiger partial charge in [0.25, 0.3) is 0 Å². The fourth-order valence-electron chi connectivity index (χ4n) is 3.90. The summed E-state index contributed by atoms with van der Waals surface area (Å²) < 4.78 is 36.4. The number of nitrogens with zero attached hydrogens (tertiary/aromatic N) is 2. The predicted octanol–water partition coefficient (Wildman–Crippen LogP) is 3.75. The lowest BCUT2D eigenvalue weighted by Gasteiger charge is -2.28. The molecule has 1 amide bonds. The molecule has 0 spiro atoms. The van der Waals surface area contributed by atoms with Crippen LogP contribution in [0.25, 0.3) is 11.0 Å². The molecule has 3 aromatic rings. The molecule has 31 heavy (non-hydrogen) atoms. The smallest absolute Gasteiger partial charge is 0.242 e. The number of amides is 1. The molecule has 2 aromatic carbocycles. The van der Waals surface area contributed by atoms with E-state index in [2.05, 4.69) is 18.8 Å². The minimum atomic E-state index is -3.67. The Kier molecular flexibility index (Phi) is 6.86. The van der Waals surface area contributed by atoms with Crippen molar-refractivity contribution in [3.63, 3.8) is 0 Å². The van der Waals surface area contributed by atoms with E-state index >= 15 is 0 Å². The van der Waals surface area contributed by atoms with Crippen LogP contribution in [0.5, 0.6) is 0 Å². The Bertz CT molecular complexity index is 1170. The van der Waals surface area contributed by atoms with E-state index in [0.29, 0.717) is 29.1 Å². The molecule has 0 atom stereocenters. The van der Waals surface area contributed by atoms with Gasteiger partial charge in [0.05, 0.1) is 11.7 Å². The van der Waals surface area contributed by atoms with E-state index in [0.717, 1.165) is 43.0 Å². The average Bonchev–Trinajstić information content (AvgIpc) is 3.26.